The van der Waals surface area contributed by atoms with Crippen molar-refractivity contribution in [2.24, 2.45) is 0 Å². The summed E-state index contributed by atoms with van der Waals surface area (Å²) in [5, 5.41) is 6.33. The fourth-order valence-corrected chi connectivity index (χ4v) is 3.19. The predicted molar refractivity (Wildman–Crippen MR) is 67.7 cm³/mol. The first-order valence-corrected chi connectivity index (χ1v) is 7.15. The highest BCUT2D eigenvalue weighted by atomic mass is 32.2. The summed E-state index contributed by atoms with van der Waals surface area (Å²) in [5.74, 6) is 0.605. The highest BCUT2D eigenvalue weighted by Gasteiger charge is 2.09. The van der Waals surface area contributed by atoms with Gasteiger partial charge in [0.25, 0.3) is 0 Å². The second kappa shape index (κ2) is 4.82. The van der Waals surface area contributed by atoms with Gasteiger partial charge in [-0.25, -0.2) is 4.98 Å². The standard InChI is InChI=1S/C8H10N4S3/c1-13-6-7(9)12-15-8(6)10-2-5-3-14-4-11-5/h3-4,10H,2H2,1H3,(H2,9,12). The molecule has 4 nitrogen and oxygen atoms in total. The van der Waals surface area contributed by atoms with Gasteiger partial charge in [0.05, 0.1) is 22.6 Å². The van der Waals surface area contributed by atoms with Crippen molar-refractivity contribution >= 4 is 45.5 Å². The lowest BCUT2D eigenvalue weighted by atomic mass is 10.5. The minimum atomic E-state index is 0.605. The van der Waals surface area contributed by atoms with Crippen LogP contribution in [0.25, 0.3) is 0 Å². The number of aromatic nitrogens is 2. The summed E-state index contributed by atoms with van der Waals surface area (Å²) in [6, 6.07) is 0. The Morgan fingerprint density at radius 1 is 1.60 bits per heavy atom. The number of thioether (sulfide) groups is 1. The van der Waals surface area contributed by atoms with Crippen LogP contribution in [0.15, 0.2) is 15.8 Å². The highest BCUT2D eigenvalue weighted by Crippen LogP contribution is 2.34. The average molecular weight is 258 g/mol. The van der Waals surface area contributed by atoms with Crippen molar-refractivity contribution in [3.63, 3.8) is 0 Å². The molecule has 2 aromatic heterocycles. The SMILES string of the molecule is CSc1c(N)nsc1NCc1cscn1. The largest absolute Gasteiger partial charge is 0.382 e. The maximum atomic E-state index is 5.73. The molecule has 0 amide bonds. The molecule has 0 bridgehead atoms. The third kappa shape index (κ3) is 2.42. The molecule has 0 aliphatic carbocycles. The van der Waals surface area contributed by atoms with Gasteiger partial charge in [0.1, 0.15) is 5.00 Å². The molecule has 0 aromatic carbocycles. The van der Waals surface area contributed by atoms with Crippen LogP contribution in [0.1, 0.15) is 5.69 Å². The molecule has 0 aliphatic heterocycles. The van der Waals surface area contributed by atoms with Crippen LogP contribution < -0.4 is 11.1 Å². The molecule has 0 radical (unpaired) electrons. The molecule has 80 valence electrons. The van der Waals surface area contributed by atoms with Crippen molar-refractivity contribution < 1.29 is 0 Å². The van der Waals surface area contributed by atoms with E-state index in [1.807, 2.05) is 17.1 Å². The zero-order valence-corrected chi connectivity index (χ0v) is 10.5. The van der Waals surface area contributed by atoms with Crippen molar-refractivity contribution in [2.75, 3.05) is 17.3 Å². The second-order valence-corrected chi connectivity index (χ2v) is 5.07. The van der Waals surface area contributed by atoms with Gasteiger partial charge < -0.3 is 11.1 Å². The highest BCUT2D eigenvalue weighted by molar-refractivity contribution is 7.99. The first-order valence-electron chi connectivity index (χ1n) is 4.21. The summed E-state index contributed by atoms with van der Waals surface area (Å²) in [6.07, 6.45) is 1.99. The molecule has 0 saturated heterocycles. The Morgan fingerprint density at radius 3 is 3.13 bits per heavy atom. The van der Waals surface area contributed by atoms with Crippen molar-refractivity contribution in [1.82, 2.24) is 9.36 Å². The first kappa shape index (κ1) is 10.7. The summed E-state index contributed by atoms with van der Waals surface area (Å²) >= 11 is 4.60. The Hall–Kier alpha value is -0.790. The average Bonchev–Trinajstić information content (AvgIpc) is 2.84. The van der Waals surface area contributed by atoms with E-state index in [0.717, 1.165) is 22.1 Å². The van der Waals surface area contributed by atoms with Crippen LogP contribution in [0.4, 0.5) is 10.8 Å². The van der Waals surface area contributed by atoms with Crippen LogP contribution >= 0.6 is 34.6 Å². The molecular weight excluding hydrogens is 248 g/mol. The van der Waals surface area contributed by atoms with Crippen LogP contribution in [0, 0.1) is 0 Å². The number of anilines is 2. The monoisotopic (exact) mass is 258 g/mol. The summed E-state index contributed by atoms with van der Waals surface area (Å²) < 4.78 is 4.11. The Kier molecular flexibility index (Phi) is 3.45. The first-order chi connectivity index (χ1) is 7.31. The summed E-state index contributed by atoms with van der Waals surface area (Å²) in [5.41, 5.74) is 8.59. The Labute approximate surface area is 100 Å². The van der Waals surface area contributed by atoms with Crippen LogP contribution in [0.2, 0.25) is 0 Å². The molecule has 2 rings (SSSR count). The fraction of sp³-hybridized carbons (Fsp3) is 0.250. The topological polar surface area (TPSA) is 63.8 Å². The molecule has 0 unspecified atom stereocenters. The smallest absolute Gasteiger partial charge is 0.153 e. The lowest BCUT2D eigenvalue weighted by Gasteiger charge is -2.02. The van der Waals surface area contributed by atoms with Gasteiger partial charge in [-0.1, -0.05) is 0 Å². The molecule has 3 N–H and O–H groups in total. The summed E-state index contributed by atoms with van der Waals surface area (Å²) in [4.78, 5) is 5.22. The maximum absolute atomic E-state index is 5.73. The van der Waals surface area contributed by atoms with E-state index in [9.17, 15) is 0 Å². The van der Waals surface area contributed by atoms with Crippen molar-refractivity contribution in [3.05, 3.63) is 16.6 Å². The van der Waals surface area contributed by atoms with E-state index in [4.69, 9.17) is 5.73 Å². The molecule has 0 atom stereocenters. The number of thiazole rings is 1. The molecule has 0 fully saturated rings. The van der Waals surface area contributed by atoms with E-state index in [1.54, 1.807) is 23.1 Å². The number of nitrogen functional groups attached to an aromatic ring is 1. The van der Waals surface area contributed by atoms with E-state index in [2.05, 4.69) is 14.7 Å². The van der Waals surface area contributed by atoms with Crippen LogP contribution in [0.5, 0.6) is 0 Å². The lowest BCUT2D eigenvalue weighted by Crippen LogP contribution is -1.98. The zero-order valence-electron chi connectivity index (χ0n) is 8.06. The number of nitrogens with zero attached hydrogens (tertiary/aromatic N) is 2. The summed E-state index contributed by atoms with van der Waals surface area (Å²) in [7, 11) is 0. The van der Waals surface area contributed by atoms with Gasteiger partial charge >= 0.3 is 0 Å². The van der Waals surface area contributed by atoms with E-state index < -0.39 is 0 Å². The van der Waals surface area contributed by atoms with Crippen molar-refractivity contribution in [3.8, 4) is 0 Å². The Balaban J connectivity index is 2.05. The molecule has 2 heterocycles. The minimum absolute atomic E-state index is 0.605. The fourth-order valence-electron chi connectivity index (χ4n) is 1.10. The predicted octanol–water partition coefficient (Wildman–Crippen LogP) is 2.52. The summed E-state index contributed by atoms with van der Waals surface area (Å²) in [6.45, 7) is 0.721. The van der Waals surface area contributed by atoms with Crippen LogP contribution in [-0.2, 0) is 6.54 Å². The third-order valence-corrected chi connectivity index (χ3v) is 4.20. The van der Waals surface area contributed by atoms with E-state index in [0.29, 0.717) is 5.82 Å². The minimum Gasteiger partial charge on any atom is -0.382 e. The molecular formula is C8H10N4S3. The van der Waals surface area contributed by atoms with Crippen molar-refractivity contribution in [2.45, 2.75) is 11.4 Å². The lowest BCUT2D eigenvalue weighted by molar-refractivity contribution is 1.07. The van der Waals surface area contributed by atoms with Gasteiger partial charge in [0.15, 0.2) is 5.82 Å². The second-order valence-electron chi connectivity index (χ2n) is 2.76. The third-order valence-electron chi connectivity index (χ3n) is 1.79. The number of hydrogen-bond donors (Lipinski definition) is 2. The van der Waals surface area contributed by atoms with Gasteiger partial charge in [-0.05, 0) is 17.8 Å². The number of nitrogens with one attached hydrogen (secondary N) is 1. The normalized spacial score (nSPS) is 10.5. The van der Waals surface area contributed by atoms with E-state index in [-0.39, 0.29) is 0 Å². The maximum Gasteiger partial charge on any atom is 0.153 e. The molecule has 7 heteroatoms. The van der Waals surface area contributed by atoms with E-state index >= 15 is 0 Å². The van der Waals surface area contributed by atoms with Gasteiger partial charge in [-0.3, -0.25) is 0 Å². The molecule has 15 heavy (non-hydrogen) atoms. The number of nitrogens with two attached hydrogens (primary N) is 1. The molecule has 0 saturated carbocycles. The number of rotatable bonds is 4. The van der Waals surface area contributed by atoms with Crippen LogP contribution in [0.3, 0.4) is 0 Å². The molecule has 2 aromatic rings. The molecule has 0 spiro atoms. The number of hydrogen-bond acceptors (Lipinski definition) is 7. The zero-order chi connectivity index (χ0) is 10.7. The quantitative estimate of drug-likeness (QED) is 0.825. The van der Waals surface area contributed by atoms with Gasteiger partial charge in [-0.2, -0.15) is 4.37 Å². The van der Waals surface area contributed by atoms with Gasteiger partial charge in [0, 0.05) is 5.38 Å². The Bertz CT molecular complexity index is 423. The van der Waals surface area contributed by atoms with E-state index in [1.165, 1.54) is 11.5 Å². The molecule has 0 aliphatic rings. The van der Waals surface area contributed by atoms with Crippen molar-refractivity contribution in [1.29, 1.82) is 0 Å². The van der Waals surface area contributed by atoms with Gasteiger partial charge in [0.2, 0.25) is 0 Å². The Morgan fingerprint density at radius 2 is 2.47 bits per heavy atom. The van der Waals surface area contributed by atoms with Crippen LogP contribution in [-0.4, -0.2) is 15.6 Å². The van der Waals surface area contributed by atoms with Gasteiger partial charge in [-0.15, -0.1) is 23.1 Å².